The number of halogens is 4. The Labute approximate surface area is 246 Å². The lowest BCUT2D eigenvalue weighted by atomic mass is 9.90. The highest BCUT2D eigenvalue weighted by Crippen LogP contribution is 2.31. The largest absolute Gasteiger partial charge is 0.612 e. The lowest BCUT2D eigenvalue weighted by molar-refractivity contribution is -0.137. The van der Waals surface area contributed by atoms with Crippen LogP contribution in [-0.4, -0.2) is 40.5 Å². The van der Waals surface area contributed by atoms with E-state index >= 15 is 0 Å². The molecule has 0 spiro atoms. The van der Waals surface area contributed by atoms with E-state index in [4.69, 9.17) is 4.74 Å². The molecule has 4 aromatic rings. The van der Waals surface area contributed by atoms with Crippen molar-refractivity contribution in [3.05, 3.63) is 131 Å². The van der Waals surface area contributed by atoms with Crippen molar-refractivity contribution >= 4 is 11.2 Å². The van der Waals surface area contributed by atoms with Crippen molar-refractivity contribution in [3.63, 3.8) is 0 Å². The van der Waals surface area contributed by atoms with Crippen LogP contribution in [0, 0.1) is 5.82 Å². The average molecular weight is 600 g/mol. The second-order valence-corrected chi connectivity index (χ2v) is 11.4. The first kappa shape index (κ1) is 31.6. The van der Waals surface area contributed by atoms with Gasteiger partial charge in [0.25, 0.3) is 0 Å². The van der Waals surface area contributed by atoms with Gasteiger partial charge in [-0.05, 0) is 40.4 Å². The number of aliphatic hydroxyl groups is 1. The Morgan fingerprint density at radius 3 is 2.12 bits per heavy atom. The summed E-state index contributed by atoms with van der Waals surface area (Å²) >= 11 is -1.52. The zero-order chi connectivity index (χ0) is 30.1. The van der Waals surface area contributed by atoms with Crippen molar-refractivity contribution in [1.29, 1.82) is 0 Å². The fourth-order valence-electron chi connectivity index (χ4n) is 4.93. The van der Waals surface area contributed by atoms with E-state index in [9.17, 15) is 27.2 Å². The lowest BCUT2D eigenvalue weighted by Gasteiger charge is -2.29. The van der Waals surface area contributed by atoms with Gasteiger partial charge in [0.05, 0.1) is 24.3 Å². The van der Waals surface area contributed by atoms with Gasteiger partial charge in [-0.15, -0.1) is 0 Å². The molecule has 0 aromatic heterocycles. The van der Waals surface area contributed by atoms with Crippen molar-refractivity contribution in [2.75, 3.05) is 26.0 Å². The fraction of sp³-hybridized carbons (Fsp3) is 0.273. The zero-order valence-electron chi connectivity index (χ0n) is 23.2. The molecular formula is C33H33F4NO3S. The van der Waals surface area contributed by atoms with Gasteiger partial charge >= 0.3 is 6.18 Å². The first-order valence-corrected chi connectivity index (χ1v) is 15.1. The number of hydrogen-bond donors (Lipinski definition) is 1. The van der Waals surface area contributed by atoms with Gasteiger partial charge in [0, 0.05) is 37.7 Å². The first-order valence-electron chi connectivity index (χ1n) is 13.5. The van der Waals surface area contributed by atoms with E-state index in [-0.39, 0.29) is 28.7 Å². The predicted molar refractivity (Wildman–Crippen MR) is 156 cm³/mol. The molecule has 0 radical (unpaired) electrons. The molecule has 42 heavy (non-hydrogen) atoms. The van der Waals surface area contributed by atoms with Crippen molar-refractivity contribution in [2.45, 2.75) is 36.6 Å². The number of ether oxygens (including phenoxy) is 1. The minimum Gasteiger partial charge on any atom is -0.612 e. The normalized spacial score (nSPS) is 12.6. The van der Waals surface area contributed by atoms with E-state index in [1.165, 1.54) is 24.5 Å². The monoisotopic (exact) mass is 599 g/mol. The van der Waals surface area contributed by atoms with Gasteiger partial charge in [-0.25, -0.2) is 4.39 Å². The second-order valence-electron chi connectivity index (χ2n) is 10.0. The van der Waals surface area contributed by atoms with Gasteiger partial charge < -0.3 is 14.4 Å². The molecule has 0 bridgehead atoms. The predicted octanol–water partition coefficient (Wildman–Crippen LogP) is 7.18. The standard InChI is InChI=1S/C33H33F4NO3S/c1-42(40)32-20-28(19-31(34)30(32)23-39)41-17-9-16-38(21-24-10-8-15-27(18-24)33(35,36)37)22-29(25-11-4-2-5-12-25)26-13-6-3-7-14-26/h2-8,10-15,18-20,29,39H,9,16-17,21-23H2,1H3. The van der Waals surface area contributed by atoms with E-state index < -0.39 is 35.3 Å². The second kappa shape index (κ2) is 14.7. The summed E-state index contributed by atoms with van der Waals surface area (Å²) in [4.78, 5) is 2.28. The van der Waals surface area contributed by atoms with Gasteiger partial charge in [0.1, 0.15) is 17.8 Å². The Balaban J connectivity index is 1.54. The van der Waals surface area contributed by atoms with E-state index in [0.717, 1.165) is 23.3 Å². The Kier molecular flexibility index (Phi) is 11.0. The van der Waals surface area contributed by atoms with E-state index in [0.29, 0.717) is 31.6 Å². The highest BCUT2D eigenvalue weighted by molar-refractivity contribution is 7.90. The lowest BCUT2D eigenvalue weighted by Crippen LogP contribution is -2.31. The van der Waals surface area contributed by atoms with Crippen molar-refractivity contribution in [1.82, 2.24) is 4.90 Å². The minimum absolute atomic E-state index is 0.0247. The molecule has 1 atom stereocenters. The van der Waals surface area contributed by atoms with E-state index in [1.54, 1.807) is 6.07 Å². The van der Waals surface area contributed by atoms with Gasteiger partial charge in [0.2, 0.25) is 0 Å². The van der Waals surface area contributed by atoms with Gasteiger partial charge in [-0.3, -0.25) is 4.90 Å². The molecule has 0 heterocycles. The SMILES string of the molecule is C[S+]([O-])c1cc(OCCCN(Cc2cccc(C(F)(F)F)c2)CC(c2ccccc2)c2ccccc2)cc(F)c1CO. The van der Waals surface area contributed by atoms with Crippen LogP contribution < -0.4 is 4.74 Å². The molecule has 4 nitrogen and oxygen atoms in total. The Hall–Kier alpha value is -3.37. The molecule has 0 aliphatic carbocycles. The molecule has 222 valence electrons. The maximum absolute atomic E-state index is 14.5. The maximum Gasteiger partial charge on any atom is 0.416 e. The van der Waals surface area contributed by atoms with Gasteiger partial charge in [-0.2, -0.15) is 13.2 Å². The molecule has 0 aliphatic heterocycles. The van der Waals surface area contributed by atoms with Crippen LogP contribution in [0.5, 0.6) is 5.75 Å². The summed E-state index contributed by atoms with van der Waals surface area (Å²) in [5.41, 5.74) is 2.01. The van der Waals surface area contributed by atoms with Crippen LogP contribution in [0.4, 0.5) is 17.6 Å². The molecule has 0 aliphatic rings. The van der Waals surface area contributed by atoms with E-state index in [1.807, 2.05) is 60.7 Å². The van der Waals surface area contributed by atoms with Gasteiger partial charge in [-0.1, -0.05) is 78.9 Å². The summed E-state index contributed by atoms with van der Waals surface area (Å²) in [7, 11) is 0. The summed E-state index contributed by atoms with van der Waals surface area (Å²) in [5, 5.41) is 9.45. The third-order valence-corrected chi connectivity index (χ3v) is 7.97. The molecule has 0 saturated heterocycles. The summed E-state index contributed by atoms with van der Waals surface area (Å²) in [6.07, 6.45) is -2.53. The van der Waals surface area contributed by atoms with Crippen LogP contribution in [0.2, 0.25) is 0 Å². The van der Waals surface area contributed by atoms with Crippen molar-refractivity contribution in [2.24, 2.45) is 0 Å². The van der Waals surface area contributed by atoms with Crippen molar-refractivity contribution < 1.29 is 32.0 Å². The topological polar surface area (TPSA) is 55.8 Å². The summed E-state index contributed by atoms with van der Waals surface area (Å²) in [6, 6.07) is 27.9. The van der Waals surface area contributed by atoms with Crippen LogP contribution in [0.3, 0.4) is 0 Å². The Bertz CT molecular complexity index is 1380. The minimum atomic E-state index is -4.44. The molecule has 0 fully saturated rings. The molecule has 1 unspecified atom stereocenters. The van der Waals surface area contributed by atoms with Crippen molar-refractivity contribution in [3.8, 4) is 5.75 Å². The van der Waals surface area contributed by atoms with Crippen LogP contribution >= 0.6 is 0 Å². The van der Waals surface area contributed by atoms with E-state index in [2.05, 4.69) is 4.90 Å². The average Bonchev–Trinajstić information content (AvgIpc) is 2.98. The fourth-order valence-corrected chi connectivity index (χ4v) is 5.72. The molecule has 4 rings (SSSR count). The zero-order valence-corrected chi connectivity index (χ0v) is 24.0. The third kappa shape index (κ3) is 8.58. The van der Waals surface area contributed by atoms with Gasteiger partial charge in [0.15, 0.2) is 4.90 Å². The number of hydrogen-bond acceptors (Lipinski definition) is 4. The maximum atomic E-state index is 14.5. The number of rotatable bonds is 13. The first-order chi connectivity index (χ1) is 20.2. The molecule has 1 N–H and O–H groups in total. The molecule has 4 aromatic carbocycles. The van der Waals surface area contributed by atoms with Crippen LogP contribution in [0.1, 0.15) is 40.2 Å². The third-order valence-electron chi connectivity index (χ3n) is 6.99. The quantitative estimate of drug-likeness (QED) is 0.101. The number of benzene rings is 4. The number of alkyl halides is 3. The molecule has 0 amide bonds. The number of aliphatic hydroxyl groups excluding tert-OH is 1. The summed E-state index contributed by atoms with van der Waals surface area (Å²) in [6.45, 7) is 0.960. The summed E-state index contributed by atoms with van der Waals surface area (Å²) < 4.78 is 72.6. The molecular weight excluding hydrogens is 566 g/mol. The Morgan fingerprint density at radius 2 is 1.55 bits per heavy atom. The molecule has 0 saturated carbocycles. The summed E-state index contributed by atoms with van der Waals surface area (Å²) in [5.74, 6) is -0.521. The highest BCUT2D eigenvalue weighted by atomic mass is 32.2. The highest BCUT2D eigenvalue weighted by Gasteiger charge is 2.30. The van der Waals surface area contributed by atoms with Crippen LogP contribution in [0.25, 0.3) is 0 Å². The molecule has 9 heteroatoms. The Morgan fingerprint density at radius 1 is 0.905 bits per heavy atom. The smallest absolute Gasteiger partial charge is 0.416 e. The van der Waals surface area contributed by atoms with Crippen LogP contribution in [0.15, 0.2) is 102 Å². The number of nitrogens with zero attached hydrogens (tertiary/aromatic N) is 1. The van der Waals surface area contributed by atoms with Crippen LogP contribution in [-0.2, 0) is 30.5 Å².